The molecule has 1 aliphatic rings. The minimum atomic E-state index is -0.433. The Morgan fingerprint density at radius 3 is 2.59 bits per heavy atom. The van der Waals surface area contributed by atoms with E-state index in [1.165, 1.54) is 25.7 Å². The summed E-state index contributed by atoms with van der Waals surface area (Å²) in [7, 11) is 0. The predicted molar refractivity (Wildman–Crippen MR) is 84.3 cm³/mol. The first-order valence-corrected chi connectivity index (χ1v) is 8.45. The molecule has 0 radical (unpaired) electrons. The molecule has 1 fully saturated rings. The molecule has 1 saturated carbocycles. The van der Waals surface area contributed by atoms with E-state index < -0.39 is 6.10 Å². The molecule has 2 N–H and O–H groups in total. The quantitative estimate of drug-likeness (QED) is 0.792. The van der Waals surface area contributed by atoms with Gasteiger partial charge in [0.25, 0.3) is 0 Å². The molecule has 1 heterocycles. The first-order valence-electron chi connectivity index (χ1n) is 8.45. The van der Waals surface area contributed by atoms with Crippen molar-refractivity contribution < 1.29 is 9.53 Å². The van der Waals surface area contributed by atoms with Gasteiger partial charge in [-0.3, -0.25) is 9.89 Å². The molecule has 0 spiro atoms. The van der Waals surface area contributed by atoms with Crippen molar-refractivity contribution in [2.75, 3.05) is 0 Å². The van der Waals surface area contributed by atoms with Gasteiger partial charge in [0.15, 0.2) is 5.82 Å². The largest absolute Gasteiger partial charge is 0.365 e. The number of nitrogens with zero attached hydrogens (tertiary/aromatic N) is 2. The zero-order chi connectivity index (χ0) is 15.9. The SMILES string of the molecule is CC[C@@H](NC(=O)[C@H](C)OC1CCCCCC1)c1n[nH]c(C)n1. The van der Waals surface area contributed by atoms with Crippen LogP contribution in [0.3, 0.4) is 0 Å². The lowest BCUT2D eigenvalue weighted by atomic mass is 10.1. The second-order valence-corrected chi connectivity index (χ2v) is 6.14. The van der Waals surface area contributed by atoms with Crippen LogP contribution in [0.25, 0.3) is 0 Å². The maximum atomic E-state index is 12.4. The number of carbonyl (C=O) groups is 1. The zero-order valence-electron chi connectivity index (χ0n) is 13.9. The number of carbonyl (C=O) groups excluding carboxylic acids is 1. The molecule has 0 aromatic carbocycles. The van der Waals surface area contributed by atoms with Gasteiger partial charge >= 0.3 is 0 Å². The summed E-state index contributed by atoms with van der Waals surface area (Å²) in [5, 5.41) is 9.94. The lowest BCUT2D eigenvalue weighted by molar-refractivity contribution is -0.136. The van der Waals surface area contributed by atoms with E-state index in [0.29, 0.717) is 5.82 Å². The fourth-order valence-electron chi connectivity index (χ4n) is 2.88. The third kappa shape index (κ3) is 4.80. The highest BCUT2D eigenvalue weighted by Crippen LogP contribution is 2.21. The Kier molecular flexibility index (Phi) is 6.36. The summed E-state index contributed by atoms with van der Waals surface area (Å²) in [6.07, 6.45) is 7.63. The van der Waals surface area contributed by atoms with Gasteiger partial charge in [-0.1, -0.05) is 32.6 Å². The van der Waals surface area contributed by atoms with E-state index in [1.807, 2.05) is 20.8 Å². The van der Waals surface area contributed by atoms with Crippen molar-refractivity contribution in [1.29, 1.82) is 0 Å². The minimum absolute atomic E-state index is 0.0847. The van der Waals surface area contributed by atoms with E-state index >= 15 is 0 Å². The molecule has 1 aromatic rings. The van der Waals surface area contributed by atoms with Gasteiger partial charge in [-0.15, -0.1) is 0 Å². The summed E-state index contributed by atoms with van der Waals surface area (Å²) < 4.78 is 5.96. The second-order valence-electron chi connectivity index (χ2n) is 6.14. The van der Waals surface area contributed by atoms with Gasteiger partial charge in [0, 0.05) is 0 Å². The number of ether oxygens (including phenoxy) is 1. The van der Waals surface area contributed by atoms with Gasteiger partial charge in [0.2, 0.25) is 5.91 Å². The van der Waals surface area contributed by atoms with Gasteiger partial charge in [-0.05, 0) is 33.1 Å². The van der Waals surface area contributed by atoms with Gasteiger partial charge in [0.1, 0.15) is 11.9 Å². The van der Waals surface area contributed by atoms with Gasteiger partial charge in [-0.2, -0.15) is 5.10 Å². The number of amides is 1. The standard InChI is InChI=1S/C16H28N4O2/c1-4-14(15-17-12(3)19-20-15)18-16(21)11(2)22-13-9-7-5-6-8-10-13/h11,13-14H,4-10H2,1-3H3,(H,18,21)(H,17,19,20)/t11-,14+/m0/s1. The van der Waals surface area contributed by atoms with Crippen molar-refractivity contribution in [2.24, 2.45) is 0 Å². The van der Waals surface area contributed by atoms with E-state index in [-0.39, 0.29) is 18.1 Å². The van der Waals surface area contributed by atoms with Crippen LogP contribution in [0.1, 0.15) is 76.5 Å². The van der Waals surface area contributed by atoms with Crippen LogP contribution in [0.15, 0.2) is 0 Å². The summed E-state index contributed by atoms with van der Waals surface area (Å²) >= 11 is 0. The molecular formula is C16H28N4O2. The molecule has 0 unspecified atom stereocenters. The van der Waals surface area contributed by atoms with Crippen molar-refractivity contribution in [3.05, 3.63) is 11.6 Å². The maximum absolute atomic E-state index is 12.4. The number of aromatic amines is 1. The molecule has 1 amide bonds. The fraction of sp³-hybridized carbons (Fsp3) is 0.812. The van der Waals surface area contributed by atoms with Crippen molar-refractivity contribution in [3.8, 4) is 0 Å². The number of hydrogen-bond acceptors (Lipinski definition) is 4. The molecule has 0 saturated heterocycles. The number of H-pyrrole nitrogens is 1. The minimum Gasteiger partial charge on any atom is -0.365 e. The normalized spacial score (nSPS) is 19.4. The molecule has 0 bridgehead atoms. The van der Waals surface area contributed by atoms with Crippen molar-refractivity contribution >= 4 is 5.91 Å². The molecule has 1 aliphatic carbocycles. The van der Waals surface area contributed by atoms with Crippen LogP contribution in [0, 0.1) is 6.92 Å². The number of nitrogens with one attached hydrogen (secondary N) is 2. The molecule has 2 atom stereocenters. The molecule has 124 valence electrons. The summed E-state index contributed by atoms with van der Waals surface area (Å²) in [4.78, 5) is 16.7. The Morgan fingerprint density at radius 1 is 1.36 bits per heavy atom. The Balaban J connectivity index is 1.86. The Hall–Kier alpha value is -1.43. The van der Waals surface area contributed by atoms with Gasteiger partial charge in [-0.25, -0.2) is 4.98 Å². The molecule has 2 rings (SSSR count). The van der Waals surface area contributed by atoms with Gasteiger partial charge in [0.05, 0.1) is 12.1 Å². The average Bonchev–Trinajstić information content (AvgIpc) is 2.77. The molecule has 0 aliphatic heterocycles. The highest BCUT2D eigenvalue weighted by atomic mass is 16.5. The Labute approximate surface area is 132 Å². The smallest absolute Gasteiger partial charge is 0.249 e. The summed E-state index contributed by atoms with van der Waals surface area (Å²) in [5.41, 5.74) is 0. The lowest BCUT2D eigenvalue weighted by Gasteiger charge is -2.22. The third-order valence-electron chi connectivity index (χ3n) is 4.22. The van der Waals surface area contributed by atoms with Crippen LogP contribution in [-0.4, -0.2) is 33.3 Å². The average molecular weight is 308 g/mol. The third-order valence-corrected chi connectivity index (χ3v) is 4.22. The topological polar surface area (TPSA) is 79.9 Å². The summed E-state index contributed by atoms with van der Waals surface area (Å²) in [6.45, 7) is 5.69. The highest BCUT2D eigenvalue weighted by Gasteiger charge is 2.24. The number of aromatic nitrogens is 3. The first-order chi connectivity index (χ1) is 10.6. The Bertz CT molecular complexity index is 466. The zero-order valence-corrected chi connectivity index (χ0v) is 13.9. The van der Waals surface area contributed by atoms with Crippen LogP contribution in [0.2, 0.25) is 0 Å². The maximum Gasteiger partial charge on any atom is 0.249 e. The molecular weight excluding hydrogens is 280 g/mol. The molecule has 6 nitrogen and oxygen atoms in total. The Morgan fingerprint density at radius 2 is 2.05 bits per heavy atom. The molecule has 1 aromatic heterocycles. The van der Waals surface area contributed by atoms with Crippen LogP contribution in [0.5, 0.6) is 0 Å². The van der Waals surface area contributed by atoms with E-state index in [0.717, 1.165) is 25.1 Å². The monoisotopic (exact) mass is 308 g/mol. The first kappa shape index (κ1) is 16.9. The van der Waals surface area contributed by atoms with E-state index in [4.69, 9.17) is 4.74 Å². The van der Waals surface area contributed by atoms with E-state index in [9.17, 15) is 4.79 Å². The molecule has 22 heavy (non-hydrogen) atoms. The van der Waals surface area contributed by atoms with E-state index in [1.54, 1.807) is 0 Å². The molecule has 6 heteroatoms. The van der Waals surface area contributed by atoms with Gasteiger partial charge < -0.3 is 10.1 Å². The number of hydrogen-bond donors (Lipinski definition) is 2. The summed E-state index contributed by atoms with van der Waals surface area (Å²) in [5.74, 6) is 1.30. The van der Waals surface area contributed by atoms with E-state index in [2.05, 4.69) is 20.5 Å². The van der Waals surface area contributed by atoms with Crippen molar-refractivity contribution in [2.45, 2.75) is 84.0 Å². The van der Waals surface area contributed by atoms with Crippen molar-refractivity contribution in [3.63, 3.8) is 0 Å². The van der Waals surface area contributed by atoms with Crippen molar-refractivity contribution in [1.82, 2.24) is 20.5 Å². The van der Waals surface area contributed by atoms with Crippen LogP contribution < -0.4 is 5.32 Å². The number of rotatable bonds is 6. The lowest BCUT2D eigenvalue weighted by Crippen LogP contribution is -2.39. The second kappa shape index (κ2) is 8.27. The summed E-state index contributed by atoms with van der Waals surface area (Å²) in [6, 6.07) is -0.169. The van der Waals surface area contributed by atoms with Crippen LogP contribution in [0.4, 0.5) is 0 Å². The van der Waals surface area contributed by atoms with Crippen LogP contribution in [-0.2, 0) is 9.53 Å². The fourth-order valence-corrected chi connectivity index (χ4v) is 2.88. The van der Waals surface area contributed by atoms with Crippen LogP contribution >= 0.6 is 0 Å². The predicted octanol–water partition coefficient (Wildman–Crippen LogP) is 2.81. The highest BCUT2D eigenvalue weighted by molar-refractivity contribution is 5.80. The number of aryl methyl sites for hydroxylation is 1.